The predicted octanol–water partition coefficient (Wildman–Crippen LogP) is 3.65. The van der Waals surface area contributed by atoms with E-state index in [1.165, 1.54) is 4.90 Å². The van der Waals surface area contributed by atoms with E-state index in [0.717, 1.165) is 12.2 Å². The molecular weight excluding hydrogens is 204 g/mol. The molecular formula is C12H20N2S. The van der Waals surface area contributed by atoms with Gasteiger partial charge in [0, 0.05) is 17.1 Å². The highest BCUT2D eigenvalue weighted by molar-refractivity contribution is 7.98. The van der Waals surface area contributed by atoms with Gasteiger partial charge in [-0.2, -0.15) is 0 Å². The Morgan fingerprint density at radius 2 is 2.13 bits per heavy atom. The van der Waals surface area contributed by atoms with Crippen molar-refractivity contribution in [3.8, 4) is 0 Å². The van der Waals surface area contributed by atoms with Crippen molar-refractivity contribution in [3.05, 3.63) is 18.3 Å². The van der Waals surface area contributed by atoms with Gasteiger partial charge in [-0.15, -0.1) is 11.8 Å². The first-order valence-corrected chi connectivity index (χ1v) is 6.66. The normalized spacial score (nSPS) is 12.9. The van der Waals surface area contributed by atoms with E-state index in [1.807, 2.05) is 6.20 Å². The number of aromatic nitrogens is 1. The third-order valence-electron chi connectivity index (χ3n) is 2.55. The van der Waals surface area contributed by atoms with Crippen LogP contribution in [0.1, 0.15) is 27.2 Å². The lowest BCUT2D eigenvalue weighted by molar-refractivity contribution is 0.510. The molecule has 15 heavy (non-hydrogen) atoms. The highest BCUT2D eigenvalue weighted by atomic mass is 32.2. The van der Waals surface area contributed by atoms with Crippen molar-refractivity contribution in [1.29, 1.82) is 0 Å². The molecule has 1 atom stereocenters. The molecule has 0 fully saturated rings. The number of thioether (sulfide) groups is 1. The Morgan fingerprint density at radius 1 is 1.40 bits per heavy atom. The van der Waals surface area contributed by atoms with Gasteiger partial charge in [-0.3, -0.25) is 0 Å². The number of rotatable bonds is 5. The fraction of sp³-hybridized carbons (Fsp3) is 0.583. The second-order valence-corrected chi connectivity index (χ2v) is 4.87. The summed E-state index contributed by atoms with van der Waals surface area (Å²) in [6, 6.07) is 4.67. The Balaban J connectivity index is 2.63. The van der Waals surface area contributed by atoms with Crippen LogP contribution in [0.4, 0.5) is 5.82 Å². The van der Waals surface area contributed by atoms with Crippen LogP contribution in [-0.2, 0) is 0 Å². The molecule has 0 aromatic carbocycles. The van der Waals surface area contributed by atoms with E-state index in [1.54, 1.807) is 11.8 Å². The summed E-state index contributed by atoms with van der Waals surface area (Å²) in [5.74, 6) is 1.62. The largest absolute Gasteiger partial charge is 0.367 e. The minimum atomic E-state index is 0.512. The van der Waals surface area contributed by atoms with E-state index in [2.05, 4.69) is 49.5 Å². The maximum absolute atomic E-state index is 4.39. The molecule has 1 rings (SSSR count). The number of hydrogen-bond donors (Lipinski definition) is 1. The molecule has 0 spiro atoms. The number of hydrogen-bond acceptors (Lipinski definition) is 3. The summed E-state index contributed by atoms with van der Waals surface area (Å²) in [6.07, 6.45) is 5.11. The lowest BCUT2D eigenvalue weighted by Gasteiger charge is -2.21. The molecule has 0 bridgehead atoms. The summed E-state index contributed by atoms with van der Waals surface area (Å²) >= 11 is 1.72. The quantitative estimate of drug-likeness (QED) is 0.773. The van der Waals surface area contributed by atoms with E-state index >= 15 is 0 Å². The SMILES string of the molecule is CCC(Nc1ccc(SC)cn1)C(C)C. The molecule has 0 saturated heterocycles. The van der Waals surface area contributed by atoms with Crippen LogP contribution in [-0.4, -0.2) is 17.3 Å². The first kappa shape index (κ1) is 12.4. The van der Waals surface area contributed by atoms with E-state index in [-0.39, 0.29) is 0 Å². The van der Waals surface area contributed by atoms with E-state index < -0.39 is 0 Å². The van der Waals surface area contributed by atoms with Crippen LogP contribution < -0.4 is 5.32 Å². The lowest BCUT2D eigenvalue weighted by Crippen LogP contribution is -2.24. The Morgan fingerprint density at radius 3 is 2.53 bits per heavy atom. The molecule has 3 heteroatoms. The van der Waals surface area contributed by atoms with Gasteiger partial charge in [-0.1, -0.05) is 20.8 Å². The van der Waals surface area contributed by atoms with Crippen LogP contribution in [0, 0.1) is 5.92 Å². The van der Waals surface area contributed by atoms with Gasteiger partial charge in [0.1, 0.15) is 5.82 Å². The van der Waals surface area contributed by atoms with Gasteiger partial charge in [-0.25, -0.2) is 4.98 Å². The van der Waals surface area contributed by atoms with Crippen molar-refractivity contribution in [3.63, 3.8) is 0 Å². The molecule has 0 aliphatic carbocycles. The second kappa shape index (κ2) is 6.01. The summed E-state index contributed by atoms with van der Waals surface area (Å²) in [6.45, 7) is 6.67. The third kappa shape index (κ3) is 3.74. The standard InChI is InChI=1S/C12H20N2S/c1-5-11(9(2)3)14-12-7-6-10(15-4)8-13-12/h6-9,11H,5H2,1-4H3,(H,13,14). The topological polar surface area (TPSA) is 24.9 Å². The molecule has 0 aliphatic rings. The fourth-order valence-corrected chi connectivity index (χ4v) is 1.88. The minimum absolute atomic E-state index is 0.512. The summed E-state index contributed by atoms with van der Waals surface area (Å²) in [5.41, 5.74) is 0. The smallest absolute Gasteiger partial charge is 0.126 e. The summed E-state index contributed by atoms with van der Waals surface area (Å²) < 4.78 is 0. The Bertz CT molecular complexity index is 282. The van der Waals surface area contributed by atoms with Crippen LogP contribution in [0.15, 0.2) is 23.2 Å². The molecule has 2 nitrogen and oxygen atoms in total. The molecule has 1 unspecified atom stereocenters. The number of nitrogens with one attached hydrogen (secondary N) is 1. The summed E-state index contributed by atoms with van der Waals surface area (Å²) in [4.78, 5) is 5.59. The molecule has 0 radical (unpaired) electrons. The van der Waals surface area contributed by atoms with Crippen LogP contribution in [0.5, 0.6) is 0 Å². The number of nitrogens with zero attached hydrogens (tertiary/aromatic N) is 1. The van der Waals surface area contributed by atoms with Gasteiger partial charge in [0.25, 0.3) is 0 Å². The molecule has 0 saturated carbocycles. The van der Waals surface area contributed by atoms with Crippen LogP contribution in [0.3, 0.4) is 0 Å². The van der Waals surface area contributed by atoms with Gasteiger partial charge in [-0.05, 0) is 30.7 Å². The highest BCUT2D eigenvalue weighted by Crippen LogP contribution is 2.17. The van der Waals surface area contributed by atoms with Crippen LogP contribution in [0.2, 0.25) is 0 Å². The Kier molecular flexibility index (Phi) is 4.95. The number of anilines is 1. The molecule has 0 amide bonds. The van der Waals surface area contributed by atoms with Crippen molar-refractivity contribution in [2.45, 2.75) is 38.1 Å². The van der Waals surface area contributed by atoms with E-state index in [9.17, 15) is 0 Å². The summed E-state index contributed by atoms with van der Waals surface area (Å²) in [7, 11) is 0. The zero-order chi connectivity index (χ0) is 11.3. The van der Waals surface area contributed by atoms with Gasteiger partial charge in [0.15, 0.2) is 0 Å². The zero-order valence-corrected chi connectivity index (χ0v) is 10.8. The second-order valence-electron chi connectivity index (χ2n) is 3.99. The van der Waals surface area contributed by atoms with Crippen LogP contribution in [0.25, 0.3) is 0 Å². The molecule has 0 aliphatic heterocycles. The molecule has 1 N–H and O–H groups in total. The Hall–Kier alpha value is -0.700. The lowest BCUT2D eigenvalue weighted by atomic mass is 10.0. The average Bonchev–Trinajstić information content (AvgIpc) is 2.26. The van der Waals surface area contributed by atoms with Crippen molar-refractivity contribution >= 4 is 17.6 Å². The zero-order valence-electron chi connectivity index (χ0n) is 9.95. The van der Waals surface area contributed by atoms with Crippen molar-refractivity contribution < 1.29 is 0 Å². The van der Waals surface area contributed by atoms with E-state index in [0.29, 0.717) is 12.0 Å². The molecule has 84 valence electrons. The van der Waals surface area contributed by atoms with Crippen LogP contribution >= 0.6 is 11.8 Å². The molecule has 1 aromatic rings. The molecule has 1 aromatic heterocycles. The Labute approximate surface area is 96.9 Å². The fourth-order valence-electron chi connectivity index (χ4n) is 1.52. The van der Waals surface area contributed by atoms with Crippen molar-refractivity contribution in [2.75, 3.05) is 11.6 Å². The maximum atomic E-state index is 4.39. The first-order chi connectivity index (χ1) is 7.17. The third-order valence-corrected chi connectivity index (χ3v) is 3.26. The van der Waals surface area contributed by atoms with E-state index in [4.69, 9.17) is 0 Å². The van der Waals surface area contributed by atoms with Gasteiger partial charge < -0.3 is 5.32 Å². The van der Waals surface area contributed by atoms with Gasteiger partial charge in [0.2, 0.25) is 0 Å². The number of pyridine rings is 1. The minimum Gasteiger partial charge on any atom is -0.367 e. The van der Waals surface area contributed by atoms with Gasteiger partial charge >= 0.3 is 0 Å². The van der Waals surface area contributed by atoms with Crippen molar-refractivity contribution in [2.24, 2.45) is 5.92 Å². The maximum Gasteiger partial charge on any atom is 0.126 e. The average molecular weight is 224 g/mol. The highest BCUT2D eigenvalue weighted by Gasteiger charge is 2.10. The first-order valence-electron chi connectivity index (χ1n) is 5.44. The predicted molar refractivity (Wildman–Crippen MR) is 68.6 cm³/mol. The monoisotopic (exact) mass is 224 g/mol. The molecule has 1 heterocycles. The van der Waals surface area contributed by atoms with Gasteiger partial charge in [0.05, 0.1) is 0 Å². The van der Waals surface area contributed by atoms with Crippen molar-refractivity contribution in [1.82, 2.24) is 4.98 Å². The summed E-state index contributed by atoms with van der Waals surface area (Å²) in [5, 5.41) is 3.46.